The van der Waals surface area contributed by atoms with Crippen molar-refractivity contribution in [3.05, 3.63) is 24.0 Å². The maximum absolute atomic E-state index is 12.7. The number of nitrogens with zero attached hydrogens (tertiary/aromatic N) is 1. The molecule has 0 aliphatic heterocycles. The number of aromatic amines is 1. The predicted molar refractivity (Wildman–Crippen MR) is 93.1 cm³/mol. The van der Waals surface area contributed by atoms with Crippen LogP contribution in [-0.2, 0) is 0 Å². The van der Waals surface area contributed by atoms with E-state index >= 15 is 0 Å². The van der Waals surface area contributed by atoms with Crippen molar-refractivity contribution in [1.29, 1.82) is 0 Å². The molecule has 2 N–H and O–H groups in total. The van der Waals surface area contributed by atoms with Gasteiger partial charge < -0.3 is 15.0 Å². The van der Waals surface area contributed by atoms with Crippen LogP contribution in [0.4, 0.5) is 0 Å². The predicted octanol–water partition coefficient (Wildman–Crippen LogP) is 3.37. The summed E-state index contributed by atoms with van der Waals surface area (Å²) in [5, 5.41) is 4.22. The third kappa shape index (κ3) is 2.29. The molecule has 2 saturated carbocycles. The Balaban J connectivity index is 1.53. The minimum absolute atomic E-state index is 0.0210. The molecule has 5 nitrogen and oxygen atoms in total. The highest BCUT2D eigenvalue weighted by Gasteiger charge is 2.54. The highest BCUT2D eigenvalue weighted by atomic mass is 16.5. The maximum Gasteiger partial charge on any atom is 0.267 e. The number of H-pyrrole nitrogens is 1. The molecule has 1 unspecified atom stereocenters. The molecule has 2 aliphatic carbocycles. The fourth-order valence-corrected chi connectivity index (χ4v) is 5.16. The molecule has 2 aromatic rings. The molecule has 0 aromatic carbocycles. The van der Waals surface area contributed by atoms with E-state index in [0.29, 0.717) is 34.7 Å². The minimum atomic E-state index is -0.0210. The Bertz CT molecular complexity index is 793. The number of methoxy groups -OCH3 is 1. The first kappa shape index (κ1) is 15.5. The lowest BCUT2D eigenvalue weighted by Crippen LogP contribution is -2.46. The molecule has 0 radical (unpaired) electrons. The Morgan fingerprint density at radius 3 is 2.88 bits per heavy atom. The number of fused-ring (bicyclic) bond motifs is 3. The number of pyridine rings is 1. The fraction of sp³-hybridized carbons (Fsp3) is 0.579. The summed E-state index contributed by atoms with van der Waals surface area (Å²) in [6, 6.07) is 4.00. The van der Waals surface area contributed by atoms with E-state index < -0.39 is 0 Å². The van der Waals surface area contributed by atoms with Crippen LogP contribution in [0, 0.1) is 23.2 Å². The van der Waals surface area contributed by atoms with Gasteiger partial charge in [0.25, 0.3) is 5.91 Å². The molecule has 5 heteroatoms. The van der Waals surface area contributed by atoms with Gasteiger partial charge in [0.1, 0.15) is 5.69 Å². The third-order valence-electron chi connectivity index (χ3n) is 6.29. The molecule has 4 atom stereocenters. The van der Waals surface area contributed by atoms with Crippen LogP contribution in [0.25, 0.3) is 10.9 Å². The number of hydrogen-bond acceptors (Lipinski definition) is 3. The van der Waals surface area contributed by atoms with Gasteiger partial charge in [-0.15, -0.1) is 0 Å². The summed E-state index contributed by atoms with van der Waals surface area (Å²) in [5.74, 6) is 2.39. The second-order valence-electron chi connectivity index (χ2n) is 8.15. The van der Waals surface area contributed by atoms with Crippen LogP contribution in [0.1, 0.15) is 44.1 Å². The Hall–Kier alpha value is -2.04. The molecule has 2 heterocycles. The second kappa shape index (κ2) is 5.23. The second-order valence-corrected chi connectivity index (χ2v) is 8.15. The van der Waals surface area contributed by atoms with E-state index in [1.165, 1.54) is 12.8 Å². The summed E-state index contributed by atoms with van der Waals surface area (Å²) in [4.78, 5) is 20.1. The summed E-state index contributed by atoms with van der Waals surface area (Å²) < 4.78 is 5.14. The topological polar surface area (TPSA) is 67.0 Å². The van der Waals surface area contributed by atoms with Crippen molar-refractivity contribution in [3.8, 4) is 5.88 Å². The normalized spacial score (nSPS) is 30.7. The van der Waals surface area contributed by atoms with Crippen LogP contribution in [0.5, 0.6) is 5.88 Å². The quantitative estimate of drug-likeness (QED) is 0.908. The van der Waals surface area contributed by atoms with E-state index in [9.17, 15) is 4.79 Å². The number of rotatable bonds is 3. The van der Waals surface area contributed by atoms with Gasteiger partial charge in [0.15, 0.2) is 0 Å². The van der Waals surface area contributed by atoms with Gasteiger partial charge in [-0.2, -0.15) is 0 Å². The molecule has 4 rings (SSSR count). The minimum Gasteiger partial charge on any atom is -0.481 e. The number of nitrogens with one attached hydrogen (secondary N) is 2. The largest absolute Gasteiger partial charge is 0.481 e. The molecule has 2 aliphatic rings. The van der Waals surface area contributed by atoms with Crippen molar-refractivity contribution < 1.29 is 9.53 Å². The lowest BCUT2D eigenvalue weighted by atomic mass is 9.70. The van der Waals surface area contributed by atoms with E-state index in [1.807, 2.05) is 12.1 Å². The number of amides is 1. The molecule has 2 fully saturated rings. The third-order valence-corrected chi connectivity index (χ3v) is 6.29. The Labute approximate surface area is 142 Å². The van der Waals surface area contributed by atoms with Crippen LogP contribution < -0.4 is 10.1 Å². The molecule has 0 saturated heterocycles. The van der Waals surface area contributed by atoms with Crippen molar-refractivity contribution in [3.63, 3.8) is 0 Å². The first-order chi connectivity index (χ1) is 11.4. The molecule has 128 valence electrons. The van der Waals surface area contributed by atoms with Gasteiger partial charge in [-0.3, -0.25) is 4.79 Å². The van der Waals surface area contributed by atoms with Gasteiger partial charge in [0.2, 0.25) is 5.88 Å². The van der Waals surface area contributed by atoms with Gasteiger partial charge in [-0.05, 0) is 42.1 Å². The van der Waals surface area contributed by atoms with Gasteiger partial charge >= 0.3 is 0 Å². The van der Waals surface area contributed by atoms with E-state index in [4.69, 9.17) is 4.74 Å². The van der Waals surface area contributed by atoms with E-state index in [0.717, 1.165) is 10.9 Å². The first-order valence-corrected chi connectivity index (χ1v) is 8.72. The Morgan fingerprint density at radius 1 is 1.42 bits per heavy atom. The van der Waals surface area contributed by atoms with Crippen molar-refractivity contribution in [2.75, 3.05) is 7.11 Å². The van der Waals surface area contributed by atoms with Gasteiger partial charge in [-0.25, -0.2) is 4.98 Å². The van der Waals surface area contributed by atoms with E-state index in [1.54, 1.807) is 13.3 Å². The molecular weight excluding hydrogens is 302 g/mol. The molecular formula is C19H25N3O2. The smallest absolute Gasteiger partial charge is 0.267 e. The van der Waals surface area contributed by atoms with Crippen molar-refractivity contribution in [2.45, 2.75) is 39.7 Å². The van der Waals surface area contributed by atoms with Crippen molar-refractivity contribution >= 4 is 16.8 Å². The van der Waals surface area contributed by atoms with Crippen molar-refractivity contribution in [1.82, 2.24) is 15.3 Å². The molecule has 2 bridgehead atoms. The zero-order valence-corrected chi connectivity index (χ0v) is 14.7. The lowest BCUT2D eigenvalue weighted by Gasteiger charge is -2.39. The Morgan fingerprint density at radius 2 is 2.21 bits per heavy atom. The van der Waals surface area contributed by atoms with Gasteiger partial charge in [0.05, 0.1) is 18.8 Å². The average molecular weight is 327 g/mol. The number of carbonyl (C=O) groups excluding carboxylic acids is 1. The number of hydrogen-bond donors (Lipinski definition) is 2. The van der Waals surface area contributed by atoms with Crippen LogP contribution in [-0.4, -0.2) is 29.0 Å². The molecule has 1 amide bonds. The number of ether oxygens (including phenoxy) is 1. The number of aromatic nitrogens is 2. The molecule has 2 aromatic heterocycles. The fourth-order valence-electron chi connectivity index (χ4n) is 5.16. The maximum atomic E-state index is 12.7. The summed E-state index contributed by atoms with van der Waals surface area (Å²) >= 11 is 0. The highest BCUT2D eigenvalue weighted by molar-refractivity contribution is 5.98. The highest BCUT2D eigenvalue weighted by Crippen LogP contribution is 2.58. The monoisotopic (exact) mass is 327 g/mol. The zero-order valence-electron chi connectivity index (χ0n) is 14.7. The zero-order chi connectivity index (χ0) is 17.1. The summed E-state index contributed by atoms with van der Waals surface area (Å²) in [6.45, 7) is 7.02. The first-order valence-electron chi connectivity index (χ1n) is 8.72. The summed E-state index contributed by atoms with van der Waals surface area (Å²) in [5.41, 5.74) is 1.85. The summed E-state index contributed by atoms with van der Waals surface area (Å²) in [6.07, 6.45) is 4.15. The van der Waals surface area contributed by atoms with E-state index in [2.05, 4.69) is 36.1 Å². The standard InChI is InChI=1S/C19H25N3O2/c1-10-13-5-12(8-19(13,2)3)17(10)22-18(23)14-6-11-7-16(24-4)20-9-15(11)21-14/h6-7,9-10,12-13,17,21H,5,8H2,1-4H3,(H,22,23)/t10-,12?,13-,17+/m0/s1. The molecule has 0 spiro atoms. The number of carbonyl (C=O) groups is 1. The Kier molecular flexibility index (Phi) is 3.37. The van der Waals surface area contributed by atoms with Crippen LogP contribution >= 0.6 is 0 Å². The SMILES string of the molecule is COc1cc2cc(C(=O)N[C@H]3C4C[C@@H]([C@@H]3C)C(C)(C)C4)[nH]c2cn1. The van der Waals surface area contributed by atoms with Crippen LogP contribution in [0.2, 0.25) is 0 Å². The summed E-state index contributed by atoms with van der Waals surface area (Å²) in [7, 11) is 1.59. The van der Waals surface area contributed by atoms with Gasteiger partial charge in [-0.1, -0.05) is 20.8 Å². The van der Waals surface area contributed by atoms with Crippen LogP contribution in [0.15, 0.2) is 18.3 Å². The van der Waals surface area contributed by atoms with Crippen molar-refractivity contribution in [2.24, 2.45) is 23.2 Å². The average Bonchev–Trinajstić information content (AvgIpc) is 3.18. The molecule has 24 heavy (non-hydrogen) atoms. The van der Waals surface area contributed by atoms with E-state index in [-0.39, 0.29) is 11.9 Å². The van der Waals surface area contributed by atoms with Gasteiger partial charge in [0, 0.05) is 17.5 Å². The lowest BCUT2D eigenvalue weighted by molar-refractivity contribution is 0.0832. The van der Waals surface area contributed by atoms with Crippen LogP contribution in [0.3, 0.4) is 0 Å².